The van der Waals surface area contributed by atoms with E-state index >= 15 is 0 Å². The molecule has 138 valence electrons. The van der Waals surface area contributed by atoms with Crippen LogP contribution in [0.15, 0.2) is 103 Å². The quantitative estimate of drug-likeness (QED) is 0.446. The molecule has 0 aliphatic rings. The smallest absolute Gasteiger partial charge is 0.232 e. The largest absolute Gasteiger partial charge is 0.329 e. The van der Waals surface area contributed by atoms with Crippen molar-refractivity contribution in [2.75, 3.05) is 16.8 Å². The fourth-order valence-corrected chi connectivity index (χ4v) is 3.09. The van der Waals surface area contributed by atoms with E-state index in [1.165, 1.54) is 5.56 Å². The van der Waals surface area contributed by atoms with Crippen LogP contribution in [0, 0.1) is 0 Å². The zero-order valence-electron chi connectivity index (χ0n) is 15.8. The van der Waals surface area contributed by atoms with Gasteiger partial charge >= 0.3 is 0 Å². The van der Waals surface area contributed by atoms with Crippen LogP contribution in [-0.4, -0.2) is 17.0 Å². The first-order chi connectivity index (χ1) is 13.8. The van der Waals surface area contributed by atoms with Crippen molar-refractivity contribution in [3.05, 3.63) is 109 Å². The summed E-state index contributed by atoms with van der Waals surface area (Å²) >= 11 is 0. The summed E-state index contributed by atoms with van der Waals surface area (Å²) < 4.78 is 0. The van der Waals surface area contributed by atoms with Gasteiger partial charge in [0, 0.05) is 24.6 Å². The topological polar surface area (TPSA) is 32.3 Å². The van der Waals surface area contributed by atoms with Gasteiger partial charge < -0.3 is 9.80 Å². The molecule has 4 aromatic rings. The van der Waals surface area contributed by atoms with Gasteiger partial charge in [-0.15, -0.1) is 0 Å². The van der Waals surface area contributed by atoms with E-state index in [4.69, 9.17) is 4.98 Å². The highest BCUT2D eigenvalue weighted by Gasteiger charge is 2.15. The van der Waals surface area contributed by atoms with E-state index in [9.17, 15) is 0 Å². The molecule has 1 heterocycles. The summed E-state index contributed by atoms with van der Waals surface area (Å²) in [6.45, 7) is 0.698. The number of nitrogens with zero attached hydrogens (tertiary/aromatic N) is 4. The Labute approximate surface area is 165 Å². The molecule has 0 amide bonds. The summed E-state index contributed by atoms with van der Waals surface area (Å²) in [5.74, 6) is 1.53. The molecule has 28 heavy (non-hydrogen) atoms. The minimum absolute atomic E-state index is 0.676. The highest BCUT2D eigenvalue weighted by atomic mass is 15.3. The van der Waals surface area contributed by atoms with Gasteiger partial charge in [0.25, 0.3) is 0 Å². The van der Waals surface area contributed by atoms with Crippen molar-refractivity contribution in [2.24, 2.45) is 0 Å². The summed E-state index contributed by atoms with van der Waals surface area (Å²) in [5.41, 5.74) is 3.35. The average molecular weight is 366 g/mol. The highest BCUT2D eigenvalue weighted by Crippen LogP contribution is 2.27. The van der Waals surface area contributed by atoms with Crippen LogP contribution in [0.3, 0.4) is 0 Å². The van der Waals surface area contributed by atoms with Gasteiger partial charge in [0.15, 0.2) is 0 Å². The monoisotopic (exact) mass is 366 g/mol. The molecule has 0 aliphatic heterocycles. The molecule has 4 heteroatoms. The lowest BCUT2D eigenvalue weighted by molar-refractivity contribution is 0.906. The molecular weight excluding hydrogens is 344 g/mol. The lowest BCUT2D eigenvalue weighted by atomic mass is 10.2. The van der Waals surface area contributed by atoms with Crippen LogP contribution >= 0.6 is 0 Å². The second kappa shape index (κ2) is 8.35. The van der Waals surface area contributed by atoms with E-state index in [0.717, 1.165) is 17.2 Å². The van der Waals surface area contributed by atoms with E-state index in [0.29, 0.717) is 12.5 Å². The SMILES string of the molecule is CN(c1ccccc1)c1ccnc(N(Cc2ccccc2)c2ccccc2)n1. The normalized spacial score (nSPS) is 10.5. The summed E-state index contributed by atoms with van der Waals surface area (Å²) in [4.78, 5) is 13.6. The molecule has 0 aliphatic carbocycles. The third-order valence-corrected chi connectivity index (χ3v) is 4.61. The number of rotatable bonds is 6. The van der Waals surface area contributed by atoms with Crippen molar-refractivity contribution >= 4 is 23.1 Å². The van der Waals surface area contributed by atoms with Gasteiger partial charge in [0.1, 0.15) is 5.82 Å². The van der Waals surface area contributed by atoms with Crippen LogP contribution in [0.2, 0.25) is 0 Å². The molecular formula is C24H22N4. The van der Waals surface area contributed by atoms with Crippen molar-refractivity contribution in [3.8, 4) is 0 Å². The highest BCUT2D eigenvalue weighted by molar-refractivity contribution is 5.62. The van der Waals surface area contributed by atoms with Gasteiger partial charge in [-0.05, 0) is 35.9 Å². The number of hydrogen-bond donors (Lipinski definition) is 0. The molecule has 1 aromatic heterocycles. The summed E-state index contributed by atoms with van der Waals surface area (Å²) in [6, 6.07) is 32.8. The Morgan fingerprint density at radius 1 is 0.679 bits per heavy atom. The summed E-state index contributed by atoms with van der Waals surface area (Å²) in [6.07, 6.45) is 1.82. The van der Waals surface area contributed by atoms with Gasteiger partial charge in [-0.1, -0.05) is 66.7 Å². The average Bonchev–Trinajstić information content (AvgIpc) is 2.79. The predicted molar refractivity (Wildman–Crippen MR) is 115 cm³/mol. The lowest BCUT2D eigenvalue weighted by Crippen LogP contribution is -2.20. The minimum atomic E-state index is 0.676. The summed E-state index contributed by atoms with van der Waals surface area (Å²) in [5, 5.41) is 0. The first-order valence-electron chi connectivity index (χ1n) is 9.29. The molecule has 0 spiro atoms. The Hall–Kier alpha value is -3.66. The predicted octanol–water partition coefficient (Wildman–Crippen LogP) is 5.58. The van der Waals surface area contributed by atoms with E-state index < -0.39 is 0 Å². The van der Waals surface area contributed by atoms with Gasteiger partial charge in [-0.2, -0.15) is 4.98 Å². The van der Waals surface area contributed by atoms with E-state index in [1.54, 1.807) is 0 Å². The molecule has 0 saturated carbocycles. The van der Waals surface area contributed by atoms with E-state index in [2.05, 4.69) is 63.3 Å². The van der Waals surface area contributed by atoms with Crippen molar-refractivity contribution in [1.29, 1.82) is 0 Å². The number of hydrogen-bond acceptors (Lipinski definition) is 4. The molecule has 0 radical (unpaired) electrons. The first-order valence-corrected chi connectivity index (χ1v) is 9.29. The molecule has 0 N–H and O–H groups in total. The molecule has 0 bridgehead atoms. The Bertz CT molecular complexity index is 1000. The Morgan fingerprint density at radius 2 is 1.25 bits per heavy atom. The number of anilines is 4. The zero-order chi connectivity index (χ0) is 19.2. The molecule has 4 rings (SSSR count). The first kappa shape index (κ1) is 17.7. The van der Waals surface area contributed by atoms with Gasteiger partial charge in [0.2, 0.25) is 5.95 Å². The Morgan fingerprint density at radius 3 is 1.89 bits per heavy atom. The molecule has 4 nitrogen and oxygen atoms in total. The standard InChI is InChI=1S/C24H22N4/c1-27(21-13-7-3-8-14-21)23-17-18-25-24(26-23)28(22-15-9-4-10-16-22)19-20-11-5-2-6-12-20/h2-18H,19H2,1H3. The maximum atomic E-state index is 4.86. The lowest BCUT2D eigenvalue weighted by Gasteiger charge is -2.25. The fourth-order valence-electron chi connectivity index (χ4n) is 3.09. The van der Waals surface area contributed by atoms with Crippen LogP contribution in [0.4, 0.5) is 23.1 Å². The maximum Gasteiger partial charge on any atom is 0.232 e. The van der Waals surface area contributed by atoms with E-state index in [-0.39, 0.29) is 0 Å². The molecule has 0 fully saturated rings. The van der Waals surface area contributed by atoms with Crippen molar-refractivity contribution in [3.63, 3.8) is 0 Å². The fraction of sp³-hybridized carbons (Fsp3) is 0.0833. The minimum Gasteiger partial charge on any atom is -0.329 e. The maximum absolute atomic E-state index is 4.86. The van der Waals surface area contributed by atoms with Crippen LogP contribution < -0.4 is 9.80 Å². The van der Waals surface area contributed by atoms with Crippen LogP contribution in [0.1, 0.15) is 5.56 Å². The number of para-hydroxylation sites is 2. The molecule has 0 atom stereocenters. The molecule has 3 aromatic carbocycles. The van der Waals surface area contributed by atoms with Crippen molar-refractivity contribution < 1.29 is 0 Å². The van der Waals surface area contributed by atoms with E-state index in [1.807, 2.05) is 61.8 Å². The van der Waals surface area contributed by atoms with Gasteiger partial charge in [-0.25, -0.2) is 4.98 Å². The summed E-state index contributed by atoms with van der Waals surface area (Å²) in [7, 11) is 2.02. The van der Waals surface area contributed by atoms with Crippen LogP contribution in [0.5, 0.6) is 0 Å². The number of aromatic nitrogens is 2. The molecule has 0 saturated heterocycles. The van der Waals surface area contributed by atoms with Crippen molar-refractivity contribution in [1.82, 2.24) is 9.97 Å². The third-order valence-electron chi connectivity index (χ3n) is 4.61. The second-order valence-corrected chi connectivity index (χ2v) is 6.52. The Kier molecular flexibility index (Phi) is 5.29. The van der Waals surface area contributed by atoms with Gasteiger partial charge in [0.05, 0.1) is 6.54 Å². The second-order valence-electron chi connectivity index (χ2n) is 6.52. The van der Waals surface area contributed by atoms with Gasteiger partial charge in [-0.3, -0.25) is 0 Å². The zero-order valence-corrected chi connectivity index (χ0v) is 15.8. The van der Waals surface area contributed by atoms with Crippen LogP contribution in [0.25, 0.3) is 0 Å². The van der Waals surface area contributed by atoms with Crippen molar-refractivity contribution in [2.45, 2.75) is 6.54 Å². The van der Waals surface area contributed by atoms with Crippen LogP contribution in [-0.2, 0) is 6.54 Å². The molecule has 0 unspecified atom stereocenters. The Balaban J connectivity index is 1.70. The number of benzene rings is 3. The third kappa shape index (κ3) is 4.01.